The van der Waals surface area contributed by atoms with Crippen LogP contribution in [0, 0.1) is 5.82 Å². The number of rotatable bonds is 5. The molecule has 0 aliphatic carbocycles. The number of nitrogens with one attached hydrogen (secondary N) is 1. The first-order valence-corrected chi connectivity index (χ1v) is 9.86. The van der Waals surface area contributed by atoms with E-state index < -0.39 is 17.6 Å². The largest absolute Gasteiger partial charge is 0.350 e. The number of carbonyl (C=O) groups is 2. The van der Waals surface area contributed by atoms with Gasteiger partial charge in [0.05, 0.1) is 11.3 Å². The van der Waals surface area contributed by atoms with Gasteiger partial charge in [0.2, 0.25) is 0 Å². The highest BCUT2D eigenvalue weighted by Gasteiger charge is 2.40. The van der Waals surface area contributed by atoms with Crippen LogP contribution in [0.3, 0.4) is 0 Å². The van der Waals surface area contributed by atoms with Crippen LogP contribution in [0.2, 0.25) is 5.02 Å². The Balaban J connectivity index is 1.80. The lowest BCUT2D eigenvalue weighted by Crippen LogP contribution is -2.32. The van der Waals surface area contributed by atoms with Crippen molar-refractivity contribution < 1.29 is 14.0 Å². The second-order valence-electron chi connectivity index (χ2n) is 6.86. The predicted octanol–water partition coefficient (Wildman–Crippen LogP) is 5.44. The second-order valence-corrected chi connectivity index (χ2v) is 7.29. The Bertz CT molecular complexity index is 1150. The van der Waals surface area contributed by atoms with Gasteiger partial charge in [-0.05, 0) is 60.0 Å². The van der Waals surface area contributed by atoms with Crippen molar-refractivity contribution in [2.75, 3.05) is 10.2 Å². The Morgan fingerprint density at radius 3 is 2.27 bits per heavy atom. The molecule has 0 fully saturated rings. The number of halogens is 2. The van der Waals surface area contributed by atoms with Crippen LogP contribution in [0.5, 0.6) is 0 Å². The van der Waals surface area contributed by atoms with Gasteiger partial charge < -0.3 is 5.32 Å². The van der Waals surface area contributed by atoms with E-state index in [0.717, 1.165) is 16.9 Å². The molecule has 0 atom stereocenters. The van der Waals surface area contributed by atoms with Gasteiger partial charge in [-0.1, -0.05) is 48.9 Å². The summed E-state index contributed by atoms with van der Waals surface area (Å²) < 4.78 is 13.7. The number of imide groups is 1. The molecule has 0 spiro atoms. The molecule has 2 amide bonds. The molecule has 0 saturated heterocycles. The quantitative estimate of drug-likeness (QED) is 0.559. The zero-order chi connectivity index (χ0) is 21.3. The molecule has 1 aliphatic heterocycles. The zero-order valence-corrected chi connectivity index (χ0v) is 16.9. The molecule has 4 nitrogen and oxygen atoms in total. The molecular formula is C24H18ClFN2O2. The highest BCUT2D eigenvalue weighted by atomic mass is 35.5. The average Bonchev–Trinajstić information content (AvgIpc) is 2.98. The van der Waals surface area contributed by atoms with Gasteiger partial charge in [-0.15, -0.1) is 0 Å². The third kappa shape index (κ3) is 3.72. The summed E-state index contributed by atoms with van der Waals surface area (Å²) in [5.74, 6) is -1.40. The van der Waals surface area contributed by atoms with Crippen LogP contribution in [0.4, 0.5) is 15.8 Å². The van der Waals surface area contributed by atoms with Crippen LogP contribution >= 0.6 is 11.6 Å². The summed E-state index contributed by atoms with van der Waals surface area (Å²) in [5.41, 5.74) is 2.80. The van der Waals surface area contributed by atoms with Crippen molar-refractivity contribution in [1.29, 1.82) is 0 Å². The van der Waals surface area contributed by atoms with E-state index in [0.29, 0.717) is 22.0 Å². The van der Waals surface area contributed by atoms with Crippen molar-refractivity contribution in [3.63, 3.8) is 0 Å². The smallest absolute Gasteiger partial charge is 0.282 e. The van der Waals surface area contributed by atoms with Gasteiger partial charge in [-0.3, -0.25) is 9.59 Å². The third-order valence-corrected chi connectivity index (χ3v) is 5.17. The first-order valence-electron chi connectivity index (χ1n) is 9.48. The SMILES string of the molecule is CCc1ccc(N2C(=O)C(Nc3cccc(F)c3)=C(c3ccc(Cl)cc3)C2=O)cc1. The van der Waals surface area contributed by atoms with Gasteiger partial charge in [-0.2, -0.15) is 0 Å². The van der Waals surface area contributed by atoms with Crippen molar-refractivity contribution >= 4 is 40.4 Å². The molecule has 0 saturated carbocycles. The fraction of sp³-hybridized carbons (Fsp3) is 0.0833. The lowest BCUT2D eigenvalue weighted by molar-refractivity contribution is -0.120. The molecule has 0 radical (unpaired) electrons. The Labute approximate surface area is 178 Å². The Kier molecular flexibility index (Phi) is 5.38. The summed E-state index contributed by atoms with van der Waals surface area (Å²) in [6, 6.07) is 19.7. The van der Waals surface area contributed by atoms with Gasteiger partial charge in [0.15, 0.2) is 0 Å². The van der Waals surface area contributed by atoms with Crippen LogP contribution in [-0.2, 0) is 16.0 Å². The predicted molar refractivity (Wildman–Crippen MR) is 117 cm³/mol. The van der Waals surface area contributed by atoms with Gasteiger partial charge in [0, 0.05) is 10.7 Å². The van der Waals surface area contributed by atoms with Gasteiger partial charge >= 0.3 is 0 Å². The number of benzene rings is 3. The van der Waals surface area contributed by atoms with E-state index in [1.54, 1.807) is 42.5 Å². The van der Waals surface area contributed by atoms with E-state index in [4.69, 9.17) is 11.6 Å². The monoisotopic (exact) mass is 420 g/mol. The lowest BCUT2D eigenvalue weighted by Gasteiger charge is -2.16. The fourth-order valence-electron chi connectivity index (χ4n) is 3.36. The number of hydrogen-bond acceptors (Lipinski definition) is 3. The Hall–Kier alpha value is -3.44. The molecule has 3 aromatic carbocycles. The molecule has 0 unspecified atom stereocenters. The van der Waals surface area contributed by atoms with Crippen LogP contribution in [-0.4, -0.2) is 11.8 Å². The molecule has 3 aromatic rings. The fourth-order valence-corrected chi connectivity index (χ4v) is 3.48. The molecule has 1 aliphatic rings. The van der Waals surface area contributed by atoms with Crippen molar-refractivity contribution in [3.8, 4) is 0 Å². The van der Waals surface area contributed by atoms with Gasteiger partial charge in [-0.25, -0.2) is 9.29 Å². The highest BCUT2D eigenvalue weighted by Crippen LogP contribution is 2.34. The number of nitrogens with zero attached hydrogens (tertiary/aromatic N) is 1. The zero-order valence-electron chi connectivity index (χ0n) is 16.2. The summed E-state index contributed by atoms with van der Waals surface area (Å²) in [4.78, 5) is 27.7. The Morgan fingerprint density at radius 1 is 0.933 bits per heavy atom. The van der Waals surface area contributed by atoms with Gasteiger partial charge in [0.25, 0.3) is 11.8 Å². The minimum absolute atomic E-state index is 0.0903. The van der Waals surface area contributed by atoms with E-state index in [1.165, 1.54) is 18.2 Å². The van der Waals surface area contributed by atoms with Gasteiger partial charge in [0.1, 0.15) is 11.5 Å². The number of amides is 2. The maximum atomic E-state index is 13.7. The minimum atomic E-state index is -0.501. The minimum Gasteiger partial charge on any atom is -0.350 e. The third-order valence-electron chi connectivity index (χ3n) is 4.91. The molecule has 4 rings (SSSR count). The summed E-state index contributed by atoms with van der Waals surface area (Å²) in [7, 11) is 0. The van der Waals surface area contributed by atoms with Crippen LogP contribution in [0.1, 0.15) is 18.1 Å². The number of aryl methyl sites for hydroxylation is 1. The molecule has 1 N–H and O–H groups in total. The van der Waals surface area contributed by atoms with Crippen LogP contribution in [0.25, 0.3) is 5.57 Å². The normalized spacial score (nSPS) is 13.9. The highest BCUT2D eigenvalue weighted by molar-refractivity contribution is 6.46. The average molecular weight is 421 g/mol. The molecule has 30 heavy (non-hydrogen) atoms. The van der Waals surface area contributed by atoms with Crippen molar-refractivity contribution in [2.45, 2.75) is 13.3 Å². The van der Waals surface area contributed by atoms with E-state index in [1.807, 2.05) is 19.1 Å². The molecule has 1 heterocycles. The van der Waals surface area contributed by atoms with E-state index in [9.17, 15) is 14.0 Å². The summed E-state index contributed by atoms with van der Waals surface area (Å²) in [6.07, 6.45) is 0.850. The van der Waals surface area contributed by atoms with E-state index in [-0.39, 0.29) is 11.3 Å². The van der Waals surface area contributed by atoms with Crippen LogP contribution in [0.15, 0.2) is 78.5 Å². The number of carbonyl (C=O) groups excluding carboxylic acids is 2. The standard InChI is InChI=1S/C24H18ClFN2O2/c1-2-15-6-12-20(13-7-15)28-23(29)21(16-8-10-17(25)11-9-16)22(24(28)30)27-19-5-3-4-18(26)14-19/h3-14,27H,2H2,1H3. The molecular weight excluding hydrogens is 403 g/mol. The second kappa shape index (κ2) is 8.13. The first-order chi connectivity index (χ1) is 14.5. The molecule has 150 valence electrons. The van der Waals surface area contributed by atoms with E-state index >= 15 is 0 Å². The maximum absolute atomic E-state index is 13.7. The summed E-state index contributed by atoms with van der Waals surface area (Å²) in [6.45, 7) is 2.03. The van der Waals surface area contributed by atoms with Crippen molar-refractivity contribution in [3.05, 3.63) is 100 Å². The van der Waals surface area contributed by atoms with E-state index in [2.05, 4.69) is 5.32 Å². The topological polar surface area (TPSA) is 49.4 Å². The molecule has 6 heteroatoms. The van der Waals surface area contributed by atoms with Crippen LogP contribution < -0.4 is 10.2 Å². The maximum Gasteiger partial charge on any atom is 0.282 e. The molecule has 0 aromatic heterocycles. The Morgan fingerprint density at radius 2 is 1.63 bits per heavy atom. The first kappa shape index (κ1) is 19.9. The molecule has 0 bridgehead atoms. The number of hydrogen-bond donors (Lipinski definition) is 1. The number of anilines is 2. The summed E-state index contributed by atoms with van der Waals surface area (Å²) in [5, 5.41) is 3.46. The van der Waals surface area contributed by atoms with Crippen molar-refractivity contribution in [2.24, 2.45) is 0 Å². The summed E-state index contributed by atoms with van der Waals surface area (Å²) >= 11 is 5.98. The lowest BCUT2D eigenvalue weighted by atomic mass is 10.0. The van der Waals surface area contributed by atoms with Crippen molar-refractivity contribution in [1.82, 2.24) is 0 Å².